The Morgan fingerprint density at radius 2 is 2.00 bits per heavy atom. The lowest BCUT2D eigenvalue weighted by atomic mass is 10.3. The Labute approximate surface area is 134 Å². The summed E-state index contributed by atoms with van der Waals surface area (Å²) in [5.74, 6) is -0.985. The number of aryl methyl sites for hydroxylation is 1. The predicted molar refractivity (Wildman–Crippen MR) is 80.4 cm³/mol. The molecule has 0 radical (unpaired) electrons. The van der Waals surface area contributed by atoms with Crippen LogP contribution in [0.1, 0.15) is 5.69 Å². The van der Waals surface area contributed by atoms with Crippen molar-refractivity contribution in [1.82, 2.24) is 9.78 Å². The summed E-state index contributed by atoms with van der Waals surface area (Å²) in [6.07, 6.45) is 0. The molecule has 1 N–H and O–H groups in total. The number of hydrogen-bond acceptors (Lipinski definition) is 6. The summed E-state index contributed by atoms with van der Waals surface area (Å²) in [6.45, 7) is 1.13. The highest BCUT2D eigenvalue weighted by atomic mass is 35.5. The molecule has 11 heteroatoms. The smallest absolute Gasteiger partial charge is 0.345 e. The van der Waals surface area contributed by atoms with E-state index in [-0.39, 0.29) is 22.2 Å². The minimum Gasteiger partial charge on any atom is -0.358 e. The highest BCUT2D eigenvalue weighted by Gasteiger charge is 2.20. The maximum atomic E-state index is 12.0. The Hall–Kier alpha value is -3.01. The summed E-state index contributed by atoms with van der Waals surface area (Å²) >= 11 is 5.87. The lowest BCUT2D eigenvalue weighted by molar-refractivity contribution is -0.392. The van der Waals surface area contributed by atoms with Crippen molar-refractivity contribution in [2.75, 3.05) is 5.32 Å². The number of carbonyl (C=O) groups is 1. The van der Waals surface area contributed by atoms with Crippen molar-refractivity contribution in [1.29, 1.82) is 0 Å². The number of non-ortho nitro benzene ring substituents is 1. The zero-order chi connectivity index (χ0) is 17.1. The minimum absolute atomic E-state index is 0.0393. The van der Waals surface area contributed by atoms with E-state index in [9.17, 15) is 25.0 Å². The van der Waals surface area contributed by atoms with E-state index in [1.54, 1.807) is 6.92 Å². The Bertz CT molecular complexity index is 803. The van der Waals surface area contributed by atoms with E-state index in [0.29, 0.717) is 5.69 Å². The van der Waals surface area contributed by atoms with Gasteiger partial charge in [-0.1, -0.05) is 16.7 Å². The lowest BCUT2D eigenvalue weighted by Crippen LogP contribution is -2.20. The fourth-order valence-corrected chi connectivity index (χ4v) is 2.01. The third kappa shape index (κ3) is 3.80. The van der Waals surface area contributed by atoms with Crippen LogP contribution in [0.5, 0.6) is 0 Å². The van der Waals surface area contributed by atoms with Crippen LogP contribution in [0, 0.1) is 27.2 Å². The van der Waals surface area contributed by atoms with Crippen molar-refractivity contribution in [3.8, 4) is 0 Å². The molecule has 1 aromatic heterocycles. The van der Waals surface area contributed by atoms with E-state index in [0.717, 1.165) is 10.7 Å². The van der Waals surface area contributed by atoms with Crippen molar-refractivity contribution in [2.45, 2.75) is 13.5 Å². The van der Waals surface area contributed by atoms with Crippen molar-refractivity contribution in [2.24, 2.45) is 0 Å². The van der Waals surface area contributed by atoms with Crippen molar-refractivity contribution < 1.29 is 14.6 Å². The molecule has 2 aromatic rings. The van der Waals surface area contributed by atoms with Gasteiger partial charge in [-0.05, 0) is 17.9 Å². The third-order valence-electron chi connectivity index (χ3n) is 2.80. The van der Waals surface area contributed by atoms with E-state index >= 15 is 0 Å². The maximum absolute atomic E-state index is 12.0. The SMILES string of the molecule is Cc1cc([N+](=O)[O-])n(CC(=O)Nc2cc([N+](=O)[O-])ccc2Cl)n1. The largest absolute Gasteiger partial charge is 0.358 e. The maximum Gasteiger partial charge on any atom is 0.345 e. The minimum atomic E-state index is -0.659. The molecule has 1 heterocycles. The van der Waals surface area contributed by atoms with Crippen molar-refractivity contribution in [3.63, 3.8) is 0 Å². The average Bonchev–Trinajstić information content (AvgIpc) is 2.81. The molecule has 1 amide bonds. The van der Waals surface area contributed by atoms with Gasteiger partial charge in [0.25, 0.3) is 11.6 Å². The molecule has 2 rings (SSSR count). The number of nitrogens with zero attached hydrogens (tertiary/aromatic N) is 4. The predicted octanol–water partition coefficient (Wildman–Crippen LogP) is 2.30. The monoisotopic (exact) mass is 339 g/mol. The van der Waals surface area contributed by atoms with Crippen LogP contribution in [0.2, 0.25) is 5.02 Å². The van der Waals surface area contributed by atoms with Gasteiger partial charge in [0.15, 0.2) is 6.54 Å². The third-order valence-corrected chi connectivity index (χ3v) is 3.13. The van der Waals surface area contributed by atoms with E-state index in [4.69, 9.17) is 11.6 Å². The van der Waals surface area contributed by atoms with Gasteiger partial charge in [0.1, 0.15) is 0 Å². The summed E-state index contributed by atoms with van der Waals surface area (Å²) in [5, 5.41) is 27.9. The first-order valence-electron chi connectivity index (χ1n) is 6.20. The van der Waals surface area contributed by atoms with Gasteiger partial charge in [-0.25, -0.2) is 0 Å². The van der Waals surface area contributed by atoms with Gasteiger partial charge < -0.3 is 15.4 Å². The zero-order valence-electron chi connectivity index (χ0n) is 11.7. The average molecular weight is 340 g/mol. The summed E-state index contributed by atoms with van der Waals surface area (Å²) in [5.41, 5.74) is 0.181. The van der Waals surface area contributed by atoms with Gasteiger partial charge in [0.05, 0.1) is 27.4 Å². The number of carbonyl (C=O) groups excluding carboxylic acids is 1. The number of nitro benzene ring substituents is 1. The van der Waals surface area contributed by atoms with Gasteiger partial charge >= 0.3 is 5.82 Å². The first-order chi connectivity index (χ1) is 10.8. The number of anilines is 1. The molecule has 0 aliphatic rings. The first kappa shape index (κ1) is 16.4. The van der Waals surface area contributed by atoms with Gasteiger partial charge in [0, 0.05) is 12.1 Å². The summed E-state index contributed by atoms with van der Waals surface area (Å²) in [4.78, 5) is 32.3. The van der Waals surface area contributed by atoms with Crippen LogP contribution in [-0.2, 0) is 11.3 Å². The number of nitro groups is 2. The molecule has 0 aliphatic heterocycles. The Balaban J connectivity index is 2.19. The number of nitrogens with one attached hydrogen (secondary N) is 1. The van der Waals surface area contributed by atoms with E-state index in [2.05, 4.69) is 10.4 Å². The summed E-state index contributed by atoms with van der Waals surface area (Å²) < 4.78 is 0.927. The molecule has 0 bridgehead atoms. The molecule has 120 valence electrons. The van der Waals surface area contributed by atoms with Gasteiger partial charge in [-0.15, -0.1) is 4.68 Å². The second-order valence-electron chi connectivity index (χ2n) is 4.53. The van der Waals surface area contributed by atoms with E-state index in [1.807, 2.05) is 0 Å². The second-order valence-corrected chi connectivity index (χ2v) is 4.94. The van der Waals surface area contributed by atoms with Crippen LogP contribution in [0.3, 0.4) is 0 Å². The Kier molecular flexibility index (Phi) is 4.55. The highest BCUT2D eigenvalue weighted by Crippen LogP contribution is 2.26. The molecule has 23 heavy (non-hydrogen) atoms. The highest BCUT2D eigenvalue weighted by molar-refractivity contribution is 6.33. The number of benzene rings is 1. The molecule has 0 saturated heterocycles. The van der Waals surface area contributed by atoms with Crippen molar-refractivity contribution >= 4 is 34.7 Å². The van der Waals surface area contributed by atoms with Crippen LogP contribution in [0.4, 0.5) is 17.2 Å². The molecule has 1 aromatic carbocycles. The molecule has 0 saturated carbocycles. The fraction of sp³-hybridized carbons (Fsp3) is 0.167. The van der Waals surface area contributed by atoms with Crippen LogP contribution < -0.4 is 5.32 Å². The topological polar surface area (TPSA) is 133 Å². The molecule has 0 unspecified atom stereocenters. The molecular formula is C12H10ClN5O5. The van der Waals surface area contributed by atoms with Crippen LogP contribution in [0.25, 0.3) is 0 Å². The molecular weight excluding hydrogens is 330 g/mol. The van der Waals surface area contributed by atoms with Crippen molar-refractivity contribution in [3.05, 3.63) is 55.2 Å². The summed E-state index contributed by atoms with van der Waals surface area (Å²) in [6, 6.07) is 4.80. The number of rotatable bonds is 5. The van der Waals surface area contributed by atoms with Crippen LogP contribution >= 0.6 is 11.6 Å². The lowest BCUT2D eigenvalue weighted by Gasteiger charge is -2.06. The molecule has 0 aliphatic carbocycles. The zero-order valence-corrected chi connectivity index (χ0v) is 12.5. The summed E-state index contributed by atoms with van der Waals surface area (Å²) in [7, 11) is 0. The first-order valence-corrected chi connectivity index (χ1v) is 6.58. The fourth-order valence-electron chi connectivity index (χ4n) is 1.84. The van der Waals surface area contributed by atoms with E-state index in [1.165, 1.54) is 18.2 Å². The van der Waals surface area contributed by atoms with Gasteiger partial charge in [-0.3, -0.25) is 14.9 Å². The number of aromatic nitrogens is 2. The van der Waals surface area contributed by atoms with Gasteiger partial charge in [0.2, 0.25) is 0 Å². The Morgan fingerprint density at radius 3 is 2.61 bits per heavy atom. The molecule has 0 atom stereocenters. The second kappa shape index (κ2) is 6.40. The molecule has 0 spiro atoms. The Morgan fingerprint density at radius 1 is 1.30 bits per heavy atom. The number of amides is 1. The number of halogens is 1. The van der Waals surface area contributed by atoms with E-state index < -0.39 is 22.3 Å². The normalized spacial score (nSPS) is 10.3. The van der Waals surface area contributed by atoms with Crippen LogP contribution in [0.15, 0.2) is 24.3 Å². The van der Waals surface area contributed by atoms with Gasteiger partial charge in [-0.2, -0.15) is 0 Å². The molecule has 0 fully saturated rings. The molecule has 10 nitrogen and oxygen atoms in total. The van der Waals surface area contributed by atoms with Crippen LogP contribution in [-0.4, -0.2) is 25.5 Å². The number of hydrogen-bond donors (Lipinski definition) is 1. The standard InChI is InChI=1S/C12H10ClN5O5/c1-7-4-12(18(22)23)16(15-7)6-11(19)14-10-5-8(17(20)21)2-3-9(10)13/h2-5H,6H2,1H3,(H,14,19). The quantitative estimate of drug-likeness (QED) is 0.656.